The van der Waals surface area contributed by atoms with E-state index in [0.29, 0.717) is 0 Å². The normalized spacial score (nSPS) is 9.67. The van der Waals surface area contributed by atoms with Gasteiger partial charge < -0.3 is 20.1 Å². The van der Waals surface area contributed by atoms with Crippen molar-refractivity contribution in [3.8, 4) is 11.5 Å². The lowest BCUT2D eigenvalue weighted by molar-refractivity contribution is 0.0688. The first kappa shape index (κ1) is 10.8. The van der Waals surface area contributed by atoms with Gasteiger partial charge in [0.1, 0.15) is 22.6 Å². The number of aromatic hydroxyl groups is 1. The number of benzene rings is 1. The molecule has 0 aromatic heterocycles. The van der Waals surface area contributed by atoms with Gasteiger partial charge in [0, 0.05) is 0 Å². The summed E-state index contributed by atoms with van der Waals surface area (Å²) in [5.74, 6) is -3.76. The fourth-order valence-electron chi connectivity index (χ4n) is 1.12. The van der Waals surface area contributed by atoms with Crippen LogP contribution < -0.4 is 4.74 Å². The molecule has 0 atom stereocenters. The van der Waals surface area contributed by atoms with E-state index in [0.717, 1.165) is 6.07 Å². The van der Waals surface area contributed by atoms with Gasteiger partial charge in [-0.15, -0.1) is 0 Å². The van der Waals surface area contributed by atoms with Crippen LogP contribution in [-0.4, -0.2) is 34.4 Å². The highest BCUT2D eigenvalue weighted by atomic mass is 16.5. The molecule has 0 aliphatic carbocycles. The first-order valence-corrected chi connectivity index (χ1v) is 3.85. The van der Waals surface area contributed by atoms with Gasteiger partial charge in [0.25, 0.3) is 0 Å². The Labute approximate surface area is 84.3 Å². The zero-order valence-electron chi connectivity index (χ0n) is 7.72. The van der Waals surface area contributed by atoms with E-state index in [1.807, 2.05) is 0 Å². The minimum atomic E-state index is -1.45. The summed E-state index contributed by atoms with van der Waals surface area (Å²) in [4.78, 5) is 21.3. The van der Waals surface area contributed by atoms with Gasteiger partial charge in [-0.05, 0) is 12.1 Å². The molecule has 1 aromatic rings. The van der Waals surface area contributed by atoms with Crippen LogP contribution in [0.3, 0.4) is 0 Å². The molecule has 0 bridgehead atoms. The lowest BCUT2D eigenvalue weighted by atomic mass is 10.1. The molecule has 0 radical (unpaired) electrons. The van der Waals surface area contributed by atoms with Crippen LogP contribution in [0, 0.1) is 0 Å². The number of rotatable bonds is 3. The molecule has 1 aromatic carbocycles. The lowest BCUT2D eigenvalue weighted by Gasteiger charge is -2.08. The van der Waals surface area contributed by atoms with E-state index in [-0.39, 0.29) is 5.75 Å². The van der Waals surface area contributed by atoms with Crippen LogP contribution in [0.5, 0.6) is 11.5 Å². The van der Waals surface area contributed by atoms with Crippen molar-refractivity contribution >= 4 is 11.9 Å². The Morgan fingerprint density at radius 3 is 2.20 bits per heavy atom. The molecule has 1 rings (SSSR count). The van der Waals surface area contributed by atoms with Gasteiger partial charge in [-0.2, -0.15) is 0 Å². The highest BCUT2D eigenvalue weighted by molar-refractivity contribution is 6.00. The van der Waals surface area contributed by atoms with Crippen molar-refractivity contribution in [2.75, 3.05) is 7.11 Å². The summed E-state index contributed by atoms with van der Waals surface area (Å²) in [6, 6.07) is 2.25. The molecule has 6 nitrogen and oxygen atoms in total. The molecule has 15 heavy (non-hydrogen) atoms. The number of carbonyl (C=O) groups is 2. The molecule has 0 spiro atoms. The number of aromatic carboxylic acids is 2. The summed E-state index contributed by atoms with van der Waals surface area (Å²) >= 11 is 0. The molecule has 0 saturated heterocycles. The molecule has 0 unspecified atom stereocenters. The predicted molar refractivity (Wildman–Crippen MR) is 48.6 cm³/mol. The van der Waals surface area contributed by atoms with Gasteiger partial charge in [-0.1, -0.05) is 0 Å². The largest absolute Gasteiger partial charge is 0.506 e. The molecule has 0 aliphatic heterocycles. The first-order chi connectivity index (χ1) is 6.99. The first-order valence-electron chi connectivity index (χ1n) is 3.85. The van der Waals surface area contributed by atoms with Crippen LogP contribution in [-0.2, 0) is 0 Å². The third kappa shape index (κ3) is 1.83. The third-order valence-electron chi connectivity index (χ3n) is 1.80. The minimum Gasteiger partial charge on any atom is -0.506 e. The van der Waals surface area contributed by atoms with Gasteiger partial charge in [-0.3, -0.25) is 0 Å². The van der Waals surface area contributed by atoms with Crippen LogP contribution in [0.4, 0.5) is 0 Å². The Morgan fingerprint density at radius 2 is 1.80 bits per heavy atom. The summed E-state index contributed by atoms with van der Waals surface area (Å²) in [7, 11) is 1.22. The average molecular weight is 212 g/mol. The topological polar surface area (TPSA) is 104 Å². The summed E-state index contributed by atoms with van der Waals surface area (Å²) < 4.78 is 4.69. The van der Waals surface area contributed by atoms with Gasteiger partial charge in [0.2, 0.25) is 0 Å². The van der Waals surface area contributed by atoms with Gasteiger partial charge in [0.05, 0.1) is 7.11 Å². The van der Waals surface area contributed by atoms with E-state index >= 15 is 0 Å². The number of hydrogen-bond acceptors (Lipinski definition) is 4. The quantitative estimate of drug-likeness (QED) is 0.684. The maximum Gasteiger partial charge on any atom is 0.343 e. The van der Waals surface area contributed by atoms with Crippen LogP contribution >= 0.6 is 0 Å². The molecule has 6 heteroatoms. The van der Waals surface area contributed by atoms with Crippen LogP contribution in [0.25, 0.3) is 0 Å². The van der Waals surface area contributed by atoms with Crippen LogP contribution in [0.2, 0.25) is 0 Å². The highest BCUT2D eigenvalue weighted by Crippen LogP contribution is 2.31. The fraction of sp³-hybridized carbons (Fsp3) is 0.111. The second kappa shape index (κ2) is 3.87. The van der Waals surface area contributed by atoms with Crippen molar-refractivity contribution in [1.29, 1.82) is 0 Å². The van der Waals surface area contributed by atoms with Crippen LogP contribution in [0.15, 0.2) is 12.1 Å². The maximum atomic E-state index is 10.7. The maximum absolute atomic E-state index is 10.7. The van der Waals surface area contributed by atoms with E-state index in [1.54, 1.807) is 0 Å². The van der Waals surface area contributed by atoms with E-state index in [2.05, 4.69) is 4.74 Å². The molecule has 0 heterocycles. The van der Waals surface area contributed by atoms with Crippen molar-refractivity contribution in [3.63, 3.8) is 0 Å². The fourth-order valence-corrected chi connectivity index (χ4v) is 1.12. The monoisotopic (exact) mass is 212 g/mol. The molecule has 3 N–H and O–H groups in total. The molecule has 0 aliphatic rings. The van der Waals surface area contributed by atoms with Crippen molar-refractivity contribution in [2.45, 2.75) is 0 Å². The molecule has 0 amide bonds. The van der Waals surface area contributed by atoms with E-state index in [1.165, 1.54) is 13.2 Å². The molecule has 0 saturated carbocycles. The van der Waals surface area contributed by atoms with Gasteiger partial charge >= 0.3 is 11.9 Å². The average Bonchev–Trinajstić information content (AvgIpc) is 2.15. The second-order valence-corrected chi connectivity index (χ2v) is 2.65. The zero-order valence-corrected chi connectivity index (χ0v) is 7.72. The Hall–Kier alpha value is -2.24. The SMILES string of the molecule is COc1ccc(C(=O)O)c(O)c1C(=O)O. The lowest BCUT2D eigenvalue weighted by Crippen LogP contribution is -2.05. The molecular formula is C9H8O6. The Kier molecular flexibility index (Phi) is 2.80. The van der Waals surface area contributed by atoms with Gasteiger partial charge in [0.15, 0.2) is 0 Å². The highest BCUT2D eigenvalue weighted by Gasteiger charge is 2.22. The Morgan fingerprint density at radius 1 is 1.20 bits per heavy atom. The number of methoxy groups -OCH3 is 1. The third-order valence-corrected chi connectivity index (χ3v) is 1.80. The Balaban J connectivity index is 3.49. The summed E-state index contributed by atoms with van der Waals surface area (Å²) in [6.45, 7) is 0. The zero-order chi connectivity index (χ0) is 11.6. The van der Waals surface area contributed by atoms with Gasteiger partial charge in [-0.25, -0.2) is 9.59 Å². The summed E-state index contributed by atoms with van der Waals surface area (Å²) in [6.07, 6.45) is 0. The van der Waals surface area contributed by atoms with E-state index in [4.69, 9.17) is 10.2 Å². The summed E-state index contributed by atoms with van der Waals surface area (Å²) in [5.41, 5.74) is -1.04. The Bertz CT molecular complexity index is 423. The van der Waals surface area contributed by atoms with E-state index < -0.39 is 28.8 Å². The minimum absolute atomic E-state index is 0.0926. The van der Waals surface area contributed by atoms with Crippen molar-refractivity contribution in [2.24, 2.45) is 0 Å². The number of carboxylic acids is 2. The number of hydrogen-bond donors (Lipinski definition) is 3. The van der Waals surface area contributed by atoms with E-state index in [9.17, 15) is 14.7 Å². The molecule has 80 valence electrons. The number of ether oxygens (including phenoxy) is 1. The second-order valence-electron chi connectivity index (χ2n) is 2.65. The molecule has 0 fully saturated rings. The van der Waals surface area contributed by atoms with Crippen molar-refractivity contribution < 1.29 is 29.6 Å². The standard InChI is InChI=1S/C9H8O6/c1-15-5-3-2-4(8(11)12)7(10)6(5)9(13)14/h2-3,10H,1H3,(H,11,12)(H,13,14). The smallest absolute Gasteiger partial charge is 0.343 e. The molecular weight excluding hydrogens is 204 g/mol. The number of phenols is 1. The van der Waals surface area contributed by atoms with Crippen molar-refractivity contribution in [3.05, 3.63) is 23.3 Å². The number of carboxylic acid groups (broad SMARTS) is 2. The van der Waals surface area contributed by atoms with Crippen LogP contribution in [0.1, 0.15) is 20.7 Å². The van der Waals surface area contributed by atoms with Crippen molar-refractivity contribution in [1.82, 2.24) is 0 Å². The summed E-state index contributed by atoms with van der Waals surface area (Å²) in [5, 5.41) is 26.8. The predicted octanol–water partition coefficient (Wildman–Crippen LogP) is 0.797.